The molecule has 0 radical (unpaired) electrons. The Bertz CT molecular complexity index is 377. The van der Waals surface area contributed by atoms with E-state index in [1.54, 1.807) is 19.2 Å². The van der Waals surface area contributed by atoms with E-state index in [-0.39, 0.29) is 0 Å². The normalized spacial score (nSPS) is 14.6. The van der Waals surface area contributed by atoms with Crippen LogP contribution in [0.15, 0.2) is 18.2 Å². The van der Waals surface area contributed by atoms with Gasteiger partial charge in [-0.05, 0) is 25.0 Å². The molecule has 0 amide bonds. The van der Waals surface area contributed by atoms with Crippen molar-refractivity contribution in [3.63, 3.8) is 0 Å². The molecule has 1 saturated carbocycles. The Hall–Kier alpha value is -1.69. The summed E-state index contributed by atoms with van der Waals surface area (Å²) in [6.45, 7) is 0. The number of hydrogen-bond acceptors (Lipinski definition) is 3. The van der Waals surface area contributed by atoms with Gasteiger partial charge in [0.05, 0.1) is 13.2 Å². The van der Waals surface area contributed by atoms with E-state index in [9.17, 15) is 0 Å². The van der Waals surface area contributed by atoms with Crippen LogP contribution in [-0.4, -0.2) is 13.2 Å². The Morgan fingerprint density at radius 3 is 2.64 bits per heavy atom. The van der Waals surface area contributed by atoms with Gasteiger partial charge in [0, 0.05) is 0 Å². The molecule has 1 aromatic rings. The molecule has 0 aromatic heterocycles. The highest BCUT2D eigenvalue weighted by Gasteiger charge is 2.25. The SMILES string of the molecule is COc1cccc(OC2CC2)c1C#N. The molecule has 1 aliphatic rings. The molecule has 0 heterocycles. The van der Waals surface area contributed by atoms with Crippen LogP contribution in [0.2, 0.25) is 0 Å². The van der Waals surface area contributed by atoms with Gasteiger partial charge in [-0.2, -0.15) is 5.26 Å². The largest absolute Gasteiger partial charge is 0.495 e. The zero-order valence-corrected chi connectivity index (χ0v) is 7.99. The van der Waals surface area contributed by atoms with Crippen LogP contribution in [0.3, 0.4) is 0 Å². The van der Waals surface area contributed by atoms with Gasteiger partial charge >= 0.3 is 0 Å². The molecule has 72 valence electrons. The minimum absolute atomic E-state index is 0.300. The lowest BCUT2D eigenvalue weighted by atomic mass is 10.2. The molecular formula is C11H11NO2. The van der Waals surface area contributed by atoms with Crippen molar-refractivity contribution in [1.29, 1.82) is 5.26 Å². The van der Waals surface area contributed by atoms with Crippen molar-refractivity contribution in [1.82, 2.24) is 0 Å². The second-order valence-corrected chi connectivity index (χ2v) is 3.26. The van der Waals surface area contributed by atoms with Crippen LogP contribution < -0.4 is 9.47 Å². The fourth-order valence-electron chi connectivity index (χ4n) is 1.25. The lowest BCUT2D eigenvalue weighted by Gasteiger charge is -2.08. The van der Waals surface area contributed by atoms with Crippen molar-refractivity contribution in [2.75, 3.05) is 7.11 Å². The Morgan fingerprint density at radius 2 is 2.07 bits per heavy atom. The summed E-state index contributed by atoms with van der Waals surface area (Å²) in [7, 11) is 1.55. The van der Waals surface area contributed by atoms with Crippen molar-refractivity contribution in [3.05, 3.63) is 23.8 Å². The first kappa shape index (κ1) is 8.89. The van der Waals surface area contributed by atoms with Gasteiger partial charge in [-0.15, -0.1) is 0 Å². The molecule has 14 heavy (non-hydrogen) atoms. The van der Waals surface area contributed by atoms with Crippen molar-refractivity contribution in [2.45, 2.75) is 18.9 Å². The fourth-order valence-corrected chi connectivity index (χ4v) is 1.25. The minimum Gasteiger partial charge on any atom is -0.495 e. The maximum atomic E-state index is 8.95. The molecule has 0 N–H and O–H groups in total. The van der Waals surface area contributed by atoms with E-state index in [1.807, 2.05) is 6.07 Å². The van der Waals surface area contributed by atoms with Gasteiger partial charge in [0.25, 0.3) is 0 Å². The lowest BCUT2D eigenvalue weighted by Crippen LogP contribution is -1.99. The van der Waals surface area contributed by atoms with E-state index in [1.165, 1.54) is 0 Å². The van der Waals surface area contributed by atoms with Gasteiger partial charge in [0.1, 0.15) is 23.1 Å². The highest BCUT2D eigenvalue weighted by atomic mass is 16.5. The van der Waals surface area contributed by atoms with Crippen LogP contribution in [0.1, 0.15) is 18.4 Å². The summed E-state index contributed by atoms with van der Waals surface area (Å²) in [5, 5.41) is 8.95. The van der Waals surface area contributed by atoms with Crippen LogP contribution in [0.5, 0.6) is 11.5 Å². The zero-order valence-electron chi connectivity index (χ0n) is 7.99. The van der Waals surface area contributed by atoms with E-state index in [4.69, 9.17) is 14.7 Å². The fraction of sp³-hybridized carbons (Fsp3) is 0.364. The first-order valence-corrected chi connectivity index (χ1v) is 4.59. The molecule has 0 bridgehead atoms. The van der Waals surface area contributed by atoms with Crippen molar-refractivity contribution in [2.24, 2.45) is 0 Å². The summed E-state index contributed by atoms with van der Waals surface area (Å²) in [4.78, 5) is 0. The van der Waals surface area contributed by atoms with Gasteiger partial charge in [-0.3, -0.25) is 0 Å². The number of nitrogens with zero attached hydrogens (tertiary/aromatic N) is 1. The van der Waals surface area contributed by atoms with E-state index >= 15 is 0 Å². The van der Waals surface area contributed by atoms with Gasteiger partial charge in [-0.25, -0.2) is 0 Å². The smallest absolute Gasteiger partial charge is 0.141 e. The van der Waals surface area contributed by atoms with Gasteiger partial charge in [0.15, 0.2) is 0 Å². The Balaban J connectivity index is 2.32. The van der Waals surface area contributed by atoms with E-state index in [0.717, 1.165) is 12.8 Å². The predicted molar refractivity (Wildman–Crippen MR) is 51.4 cm³/mol. The Kier molecular flexibility index (Phi) is 2.28. The van der Waals surface area contributed by atoms with Crippen molar-refractivity contribution in [3.8, 4) is 17.6 Å². The Labute approximate surface area is 82.9 Å². The molecular weight excluding hydrogens is 178 g/mol. The highest BCUT2D eigenvalue weighted by Crippen LogP contribution is 2.32. The second kappa shape index (κ2) is 3.59. The number of benzene rings is 1. The monoisotopic (exact) mass is 189 g/mol. The molecule has 0 spiro atoms. The molecule has 0 aliphatic heterocycles. The number of nitriles is 1. The quantitative estimate of drug-likeness (QED) is 0.731. The lowest BCUT2D eigenvalue weighted by molar-refractivity contribution is 0.299. The van der Waals surface area contributed by atoms with Gasteiger partial charge in [-0.1, -0.05) is 6.07 Å². The summed E-state index contributed by atoms with van der Waals surface area (Å²) in [6, 6.07) is 7.50. The molecule has 3 heteroatoms. The highest BCUT2D eigenvalue weighted by molar-refractivity contribution is 5.52. The topological polar surface area (TPSA) is 42.2 Å². The van der Waals surface area contributed by atoms with Crippen LogP contribution in [-0.2, 0) is 0 Å². The number of methoxy groups -OCH3 is 1. The molecule has 0 saturated heterocycles. The third-order valence-corrected chi connectivity index (χ3v) is 2.14. The van der Waals surface area contributed by atoms with E-state index in [0.29, 0.717) is 23.2 Å². The minimum atomic E-state index is 0.300. The Morgan fingerprint density at radius 1 is 1.36 bits per heavy atom. The first-order chi connectivity index (χ1) is 6.85. The molecule has 2 rings (SSSR count). The standard InChI is InChI=1S/C11H11NO2/c1-13-10-3-2-4-11(9(10)7-12)14-8-5-6-8/h2-4,8H,5-6H2,1H3. The van der Waals surface area contributed by atoms with E-state index < -0.39 is 0 Å². The van der Waals surface area contributed by atoms with Crippen LogP contribution in [0, 0.1) is 11.3 Å². The zero-order chi connectivity index (χ0) is 9.97. The average Bonchev–Trinajstić information content (AvgIpc) is 3.01. The second-order valence-electron chi connectivity index (χ2n) is 3.26. The number of rotatable bonds is 3. The summed E-state index contributed by atoms with van der Waals surface area (Å²) >= 11 is 0. The third kappa shape index (κ3) is 1.64. The molecule has 1 fully saturated rings. The average molecular weight is 189 g/mol. The summed E-state index contributed by atoms with van der Waals surface area (Å²) in [6.07, 6.45) is 2.47. The van der Waals surface area contributed by atoms with Gasteiger partial charge < -0.3 is 9.47 Å². The molecule has 1 aromatic carbocycles. The number of hydrogen-bond donors (Lipinski definition) is 0. The van der Waals surface area contributed by atoms with Crippen LogP contribution >= 0.6 is 0 Å². The van der Waals surface area contributed by atoms with E-state index in [2.05, 4.69) is 6.07 Å². The van der Waals surface area contributed by atoms with Gasteiger partial charge in [0.2, 0.25) is 0 Å². The molecule has 1 aliphatic carbocycles. The van der Waals surface area contributed by atoms with Crippen molar-refractivity contribution < 1.29 is 9.47 Å². The summed E-state index contributed by atoms with van der Waals surface area (Å²) in [5.41, 5.74) is 0.488. The maximum absolute atomic E-state index is 8.95. The van der Waals surface area contributed by atoms with Crippen molar-refractivity contribution >= 4 is 0 Å². The third-order valence-electron chi connectivity index (χ3n) is 2.14. The molecule has 0 atom stereocenters. The predicted octanol–water partition coefficient (Wildman–Crippen LogP) is 2.11. The summed E-state index contributed by atoms with van der Waals surface area (Å²) < 4.78 is 10.7. The molecule has 3 nitrogen and oxygen atoms in total. The summed E-state index contributed by atoms with van der Waals surface area (Å²) in [5.74, 6) is 1.21. The van der Waals surface area contributed by atoms with Crippen LogP contribution in [0.25, 0.3) is 0 Å². The maximum Gasteiger partial charge on any atom is 0.141 e. The number of ether oxygens (including phenoxy) is 2. The van der Waals surface area contributed by atoms with Crippen LogP contribution in [0.4, 0.5) is 0 Å². The molecule has 0 unspecified atom stereocenters. The first-order valence-electron chi connectivity index (χ1n) is 4.59.